The zero-order valence-electron chi connectivity index (χ0n) is 11.5. The second-order valence-electron chi connectivity index (χ2n) is 5.65. The minimum Gasteiger partial charge on any atom is -0.390 e. The minimum atomic E-state index is -0.669. The third-order valence-corrected chi connectivity index (χ3v) is 3.14. The van der Waals surface area contributed by atoms with Crippen molar-refractivity contribution in [2.24, 2.45) is 5.92 Å². The summed E-state index contributed by atoms with van der Waals surface area (Å²) in [6.07, 6.45) is 1.41. The van der Waals surface area contributed by atoms with E-state index in [1.807, 2.05) is 31.2 Å². The highest BCUT2D eigenvalue weighted by Gasteiger charge is 2.20. The SMILES string of the molecule is CC(C)CNCCC(C)(O)Cc1ccc(Cl)cc1. The Morgan fingerprint density at radius 2 is 1.89 bits per heavy atom. The van der Waals surface area contributed by atoms with Crippen LogP contribution in [0.3, 0.4) is 0 Å². The molecule has 0 aliphatic rings. The monoisotopic (exact) mass is 269 g/mol. The molecule has 2 nitrogen and oxygen atoms in total. The number of benzene rings is 1. The molecule has 1 atom stereocenters. The van der Waals surface area contributed by atoms with Crippen LogP contribution < -0.4 is 5.32 Å². The molecule has 0 radical (unpaired) electrons. The number of hydrogen-bond donors (Lipinski definition) is 2. The summed E-state index contributed by atoms with van der Waals surface area (Å²) in [6, 6.07) is 7.67. The highest BCUT2D eigenvalue weighted by molar-refractivity contribution is 6.30. The van der Waals surface area contributed by atoms with Crippen LogP contribution in [0.1, 0.15) is 32.8 Å². The summed E-state index contributed by atoms with van der Waals surface area (Å²) < 4.78 is 0. The molecule has 1 aromatic rings. The van der Waals surface area contributed by atoms with E-state index in [0.29, 0.717) is 12.3 Å². The van der Waals surface area contributed by atoms with Gasteiger partial charge in [0.25, 0.3) is 0 Å². The summed E-state index contributed by atoms with van der Waals surface area (Å²) in [5, 5.41) is 14.4. The van der Waals surface area contributed by atoms with Crippen molar-refractivity contribution in [1.82, 2.24) is 5.32 Å². The molecule has 0 bridgehead atoms. The van der Waals surface area contributed by atoms with E-state index in [0.717, 1.165) is 30.1 Å². The van der Waals surface area contributed by atoms with Gasteiger partial charge in [0, 0.05) is 11.4 Å². The van der Waals surface area contributed by atoms with E-state index in [9.17, 15) is 5.11 Å². The molecule has 1 rings (SSSR count). The zero-order valence-corrected chi connectivity index (χ0v) is 12.3. The molecule has 0 spiro atoms. The number of halogens is 1. The van der Waals surface area contributed by atoms with E-state index in [4.69, 9.17) is 11.6 Å². The molecular formula is C15H24ClNO. The Morgan fingerprint density at radius 3 is 2.44 bits per heavy atom. The van der Waals surface area contributed by atoms with Crippen molar-refractivity contribution in [3.8, 4) is 0 Å². The molecule has 0 aliphatic carbocycles. The molecule has 1 aromatic carbocycles. The van der Waals surface area contributed by atoms with Crippen LogP contribution in [0.25, 0.3) is 0 Å². The van der Waals surface area contributed by atoms with Crippen molar-refractivity contribution < 1.29 is 5.11 Å². The fraction of sp³-hybridized carbons (Fsp3) is 0.600. The Kier molecular flexibility index (Phi) is 6.13. The average molecular weight is 270 g/mol. The second kappa shape index (κ2) is 7.13. The van der Waals surface area contributed by atoms with Crippen LogP contribution in [0.4, 0.5) is 0 Å². The van der Waals surface area contributed by atoms with E-state index in [-0.39, 0.29) is 0 Å². The van der Waals surface area contributed by atoms with Gasteiger partial charge in [-0.1, -0.05) is 37.6 Å². The summed E-state index contributed by atoms with van der Waals surface area (Å²) >= 11 is 5.84. The van der Waals surface area contributed by atoms with Crippen LogP contribution in [-0.4, -0.2) is 23.8 Å². The van der Waals surface area contributed by atoms with E-state index in [2.05, 4.69) is 19.2 Å². The first-order valence-electron chi connectivity index (χ1n) is 6.56. The van der Waals surface area contributed by atoms with E-state index < -0.39 is 5.60 Å². The molecular weight excluding hydrogens is 246 g/mol. The summed E-state index contributed by atoms with van der Waals surface area (Å²) in [7, 11) is 0. The molecule has 0 aliphatic heterocycles. The Labute approximate surface area is 115 Å². The molecule has 0 saturated heterocycles. The topological polar surface area (TPSA) is 32.3 Å². The standard InChI is InChI=1S/C15H24ClNO/c1-12(2)11-17-9-8-15(3,18)10-13-4-6-14(16)7-5-13/h4-7,12,17-18H,8-11H2,1-3H3. The molecule has 2 N–H and O–H groups in total. The number of rotatable bonds is 7. The predicted octanol–water partition coefficient (Wildman–Crippen LogP) is 3.27. The van der Waals surface area contributed by atoms with E-state index in [1.165, 1.54) is 0 Å². The molecule has 102 valence electrons. The van der Waals surface area contributed by atoms with Gasteiger partial charge in [0.05, 0.1) is 5.60 Å². The number of hydrogen-bond acceptors (Lipinski definition) is 2. The summed E-state index contributed by atoms with van der Waals surface area (Å²) in [6.45, 7) is 8.09. The maximum Gasteiger partial charge on any atom is 0.0672 e. The van der Waals surface area contributed by atoms with Gasteiger partial charge in [0.1, 0.15) is 0 Å². The van der Waals surface area contributed by atoms with Gasteiger partial charge < -0.3 is 10.4 Å². The first kappa shape index (κ1) is 15.5. The number of aliphatic hydroxyl groups is 1. The van der Waals surface area contributed by atoms with E-state index in [1.54, 1.807) is 0 Å². The third-order valence-electron chi connectivity index (χ3n) is 2.89. The number of nitrogens with one attached hydrogen (secondary N) is 1. The Hall–Kier alpha value is -0.570. The van der Waals surface area contributed by atoms with Crippen molar-refractivity contribution in [3.63, 3.8) is 0 Å². The lowest BCUT2D eigenvalue weighted by molar-refractivity contribution is 0.0514. The lowest BCUT2D eigenvalue weighted by Crippen LogP contribution is -2.33. The molecule has 3 heteroatoms. The van der Waals surface area contributed by atoms with Crippen molar-refractivity contribution in [2.75, 3.05) is 13.1 Å². The van der Waals surface area contributed by atoms with Gasteiger partial charge in [-0.3, -0.25) is 0 Å². The smallest absolute Gasteiger partial charge is 0.0672 e. The fourth-order valence-corrected chi connectivity index (χ4v) is 2.00. The Bertz CT molecular complexity index is 346. The minimum absolute atomic E-state index is 0.645. The summed E-state index contributed by atoms with van der Waals surface area (Å²) in [5.41, 5.74) is 0.450. The third kappa shape index (κ3) is 6.39. The summed E-state index contributed by atoms with van der Waals surface area (Å²) in [4.78, 5) is 0. The van der Waals surface area contributed by atoms with Gasteiger partial charge in [-0.05, 0) is 50.0 Å². The Balaban J connectivity index is 2.36. The molecule has 1 unspecified atom stereocenters. The molecule has 0 amide bonds. The van der Waals surface area contributed by atoms with Crippen LogP contribution in [-0.2, 0) is 6.42 Å². The normalized spacial score (nSPS) is 14.8. The summed E-state index contributed by atoms with van der Waals surface area (Å²) in [5.74, 6) is 0.645. The molecule has 0 saturated carbocycles. The van der Waals surface area contributed by atoms with Gasteiger partial charge in [-0.15, -0.1) is 0 Å². The van der Waals surface area contributed by atoms with Crippen molar-refractivity contribution in [2.45, 2.75) is 39.2 Å². The predicted molar refractivity (Wildman–Crippen MR) is 78.1 cm³/mol. The molecule has 0 aromatic heterocycles. The van der Waals surface area contributed by atoms with Crippen LogP contribution in [0, 0.1) is 5.92 Å². The van der Waals surface area contributed by atoms with E-state index >= 15 is 0 Å². The quantitative estimate of drug-likeness (QED) is 0.745. The van der Waals surface area contributed by atoms with Gasteiger partial charge >= 0.3 is 0 Å². The second-order valence-corrected chi connectivity index (χ2v) is 6.08. The van der Waals surface area contributed by atoms with Crippen LogP contribution in [0.5, 0.6) is 0 Å². The maximum atomic E-state index is 10.3. The van der Waals surface area contributed by atoms with Gasteiger partial charge in [-0.2, -0.15) is 0 Å². The zero-order chi connectivity index (χ0) is 13.6. The van der Waals surface area contributed by atoms with Gasteiger partial charge in [0.2, 0.25) is 0 Å². The Morgan fingerprint density at radius 1 is 1.28 bits per heavy atom. The fourth-order valence-electron chi connectivity index (χ4n) is 1.88. The lowest BCUT2D eigenvalue weighted by Gasteiger charge is -2.24. The van der Waals surface area contributed by atoms with Crippen molar-refractivity contribution in [1.29, 1.82) is 0 Å². The first-order valence-corrected chi connectivity index (χ1v) is 6.94. The van der Waals surface area contributed by atoms with Crippen LogP contribution >= 0.6 is 11.6 Å². The first-order chi connectivity index (χ1) is 8.39. The van der Waals surface area contributed by atoms with Crippen LogP contribution in [0.15, 0.2) is 24.3 Å². The van der Waals surface area contributed by atoms with Gasteiger partial charge in [-0.25, -0.2) is 0 Å². The van der Waals surface area contributed by atoms with Crippen molar-refractivity contribution in [3.05, 3.63) is 34.9 Å². The maximum absolute atomic E-state index is 10.3. The van der Waals surface area contributed by atoms with Crippen molar-refractivity contribution >= 4 is 11.6 Å². The van der Waals surface area contributed by atoms with Gasteiger partial charge in [0.15, 0.2) is 0 Å². The lowest BCUT2D eigenvalue weighted by atomic mass is 9.93. The largest absolute Gasteiger partial charge is 0.390 e. The molecule has 0 fully saturated rings. The average Bonchev–Trinajstić information content (AvgIpc) is 2.27. The highest BCUT2D eigenvalue weighted by Crippen LogP contribution is 2.18. The highest BCUT2D eigenvalue weighted by atomic mass is 35.5. The van der Waals surface area contributed by atoms with Crippen LogP contribution in [0.2, 0.25) is 5.02 Å². The molecule has 0 heterocycles. The molecule has 18 heavy (non-hydrogen) atoms.